The Kier molecular flexibility index (Phi) is 9.82. The van der Waals surface area contributed by atoms with Crippen molar-refractivity contribution in [2.45, 2.75) is 63.7 Å². The zero-order chi connectivity index (χ0) is 18.1. The van der Waals surface area contributed by atoms with E-state index in [0.717, 1.165) is 23.9 Å². The highest BCUT2D eigenvalue weighted by atomic mass is 28.4. The fraction of sp³-hybridized carbons (Fsp3) is 0.857. The molecule has 0 saturated heterocycles. The van der Waals surface area contributed by atoms with Crippen LogP contribution in [-0.2, 0) is 18.4 Å². The summed E-state index contributed by atoms with van der Waals surface area (Å²) in [6.45, 7) is 10.0. The molecule has 0 heterocycles. The van der Waals surface area contributed by atoms with Crippen molar-refractivity contribution in [3.8, 4) is 0 Å². The predicted molar refractivity (Wildman–Crippen MR) is 97.0 cm³/mol. The van der Waals surface area contributed by atoms with E-state index in [1.807, 2.05) is 0 Å². The van der Waals surface area contributed by atoms with Crippen molar-refractivity contribution in [1.82, 2.24) is 0 Å². The van der Waals surface area contributed by atoms with Gasteiger partial charge in [0, 0.05) is 6.61 Å². The Bertz CT molecular complexity index is 371. The van der Waals surface area contributed by atoms with Crippen LogP contribution in [0, 0.1) is 0 Å². The quantitative estimate of drug-likeness (QED) is 0.276. The molecule has 0 rings (SSSR count). The number of alkyl halides is 2. The van der Waals surface area contributed by atoms with Gasteiger partial charge in [0.05, 0.1) is 0 Å². The zero-order valence-electron chi connectivity index (χ0n) is 14.9. The van der Waals surface area contributed by atoms with E-state index in [2.05, 4.69) is 26.2 Å². The lowest BCUT2D eigenvalue weighted by Gasteiger charge is -2.35. The van der Waals surface area contributed by atoms with Crippen molar-refractivity contribution >= 4 is 36.5 Å². The molecular weight excluding hydrogens is 354 g/mol. The van der Waals surface area contributed by atoms with Crippen molar-refractivity contribution in [1.29, 1.82) is 0 Å². The second-order valence-electron chi connectivity index (χ2n) is 7.43. The van der Waals surface area contributed by atoms with Gasteiger partial charge < -0.3 is 18.4 Å². The summed E-state index contributed by atoms with van der Waals surface area (Å²) in [5.74, 6) is 1.68. The molecule has 136 valence electrons. The summed E-state index contributed by atoms with van der Waals surface area (Å²) >= 11 is 0. The lowest BCUT2D eigenvalue weighted by molar-refractivity contribution is 0.0176. The minimum atomic E-state index is -2.42. The monoisotopic (exact) mass is 384 g/mol. The lowest BCUT2D eigenvalue weighted by Crippen LogP contribution is -2.46. The SMILES string of the molecule is C[Si](C=O)(C=O)CC[Si](C)(C)O[Si](C)(C)CCCOCC(F)F. The summed E-state index contributed by atoms with van der Waals surface area (Å²) in [4.78, 5) is 22.1. The maximum absolute atomic E-state index is 12.0. The zero-order valence-corrected chi connectivity index (χ0v) is 17.9. The van der Waals surface area contributed by atoms with Crippen LogP contribution in [0.4, 0.5) is 8.78 Å². The molecular formula is C14H30F2O4Si3. The molecule has 0 aromatic heterocycles. The molecule has 0 bridgehead atoms. The normalized spacial score (nSPS) is 13.4. The Morgan fingerprint density at radius 3 is 1.91 bits per heavy atom. The third kappa shape index (κ3) is 11.0. The van der Waals surface area contributed by atoms with Gasteiger partial charge in [-0.3, -0.25) is 0 Å². The van der Waals surface area contributed by atoms with Crippen molar-refractivity contribution in [2.75, 3.05) is 13.2 Å². The molecule has 23 heavy (non-hydrogen) atoms. The van der Waals surface area contributed by atoms with Gasteiger partial charge in [0.15, 0.2) is 24.7 Å². The van der Waals surface area contributed by atoms with Crippen molar-refractivity contribution in [3.63, 3.8) is 0 Å². The molecule has 0 fully saturated rings. The average molecular weight is 385 g/mol. The summed E-state index contributed by atoms with van der Waals surface area (Å²) in [5.41, 5.74) is 0. The van der Waals surface area contributed by atoms with Gasteiger partial charge in [0.2, 0.25) is 0 Å². The first kappa shape index (κ1) is 22.8. The molecule has 0 spiro atoms. The van der Waals surface area contributed by atoms with E-state index in [0.29, 0.717) is 19.1 Å². The number of hydrogen-bond donors (Lipinski definition) is 0. The number of hydrogen-bond acceptors (Lipinski definition) is 4. The molecule has 0 aliphatic rings. The number of rotatable bonds is 13. The number of ether oxygens (including phenoxy) is 1. The first-order chi connectivity index (χ1) is 10.5. The maximum Gasteiger partial charge on any atom is 0.261 e. The van der Waals surface area contributed by atoms with Crippen molar-refractivity contribution < 1.29 is 27.2 Å². The van der Waals surface area contributed by atoms with E-state index in [1.165, 1.54) is 0 Å². The average Bonchev–Trinajstić information content (AvgIpc) is 2.43. The molecule has 0 amide bonds. The van der Waals surface area contributed by atoms with Crippen molar-refractivity contribution in [2.24, 2.45) is 0 Å². The molecule has 0 atom stereocenters. The molecule has 0 aromatic carbocycles. The van der Waals surface area contributed by atoms with E-state index >= 15 is 0 Å². The molecule has 0 aliphatic carbocycles. The first-order valence-electron chi connectivity index (χ1n) is 7.94. The summed E-state index contributed by atoms with van der Waals surface area (Å²) in [5, 5.41) is 0. The summed E-state index contributed by atoms with van der Waals surface area (Å²) in [7, 11) is -6.26. The van der Waals surface area contributed by atoms with Gasteiger partial charge in [0.25, 0.3) is 6.43 Å². The van der Waals surface area contributed by atoms with Crippen molar-refractivity contribution in [3.05, 3.63) is 0 Å². The van der Waals surface area contributed by atoms with Crippen LogP contribution in [0.15, 0.2) is 0 Å². The third-order valence-electron chi connectivity index (χ3n) is 3.67. The summed E-state index contributed by atoms with van der Waals surface area (Å²) in [6.07, 6.45) is -1.71. The Morgan fingerprint density at radius 1 is 0.913 bits per heavy atom. The Labute approximate surface area is 141 Å². The molecule has 0 aromatic rings. The van der Waals surface area contributed by atoms with Crippen LogP contribution >= 0.6 is 0 Å². The second-order valence-corrected chi connectivity index (χ2v) is 20.3. The minimum Gasteiger partial charge on any atom is -0.456 e. The van der Waals surface area contributed by atoms with Crippen LogP contribution < -0.4 is 0 Å². The van der Waals surface area contributed by atoms with Crippen LogP contribution in [0.5, 0.6) is 0 Å². The van der Waals surface area contributed by atoms with E-state index in [9.17, 15) is 18.4 Å². The van der Waals surface area contributed by atoms with Crippen LogP contribution in [0.1, 0.15) is 6.42 Å². The minimum absolute atomic E-state index is 0.327. The molecule has 0 saturated carbocycles. The highest BCUT2D eigenvalue weighted by molar-refractivity contribution is 7.18. The Morgan fingerprint density at radius 2 is 1.43 bits per heavy atom. The van der Waals surface area contributed by atoms with Gasteiger partial charge in [-0.15, -0.1) is 0 Å². The fourth-order valence-corrected chi connectivity index (χ4v) is 15.0. The van der Waals surface area contributed by atoms with Gasteiger partial charge in [-0.1, -0.05) is 6.55 Å². The molecule has 0 unspecified atom stereocenters. The third-order valence-corrected chi connectivity index (χ3v) is 14.0. The fourth-order valence-electron chi connectivity index (χ4n) is 2.34. The van der Waals surface area contributed by atoms with Gasteiger partial charge in [-0.2, -0.15) is 0 Å². The van der Waals surface area contributed by atoms with Gasteiger partial charge >= 0.3 is 0 Å². The van der Waals surface area contributed by atoms with Gasteiger partial charge in [-0.05, 0) is 50.7 Å². The Hall–Kier alpha value is -0.229. The molecule has 9 heteroatoms. The largest absolute Gasteiger partial charge is 0.456 e. The highest BCUT2D eigenvalue weighted by Crippen LogP contribution is 2.25. The van der Waals surface area contributed by atoms with E-state index in [4.69, 9.17) is 8.85 Å². The topological polar surface area (TPSA) is 52.6 Å². The molecule has 0 N–H and O–H groups in total. The van der Waals surface area contributed by atoms with Gasteiger partial charge in [-0.25, -0.2) is 8.78 Å². The van der Waals surface area contributed by atoms with Crippen LogP contribution in [0.3, 0.4) is 0 Å². The lowest BCUT2D eigenvalue weighted by atomic mass is 10.5. The number of carbonyl (C=O) groups excluding carboxylic acids is 2. The molecule has 0 aliphatic heterocycles. The molecule has 0 radical (unpaired) electrons. The van der Waals surface area contributed by atoms with E-state index in [1.54, 1.807) is 6.55 Å². The van der Waals surface area contributed by atoms with Gasteiger partial charge in [0.1, 0.15) is 18.4 Å². The van der Waals surface area contributed by atoms with Crippen LogP contribution in [-0.4, -0.2) is 56.2 Å². The van der Waals surface area contributed by atoms with Crippen LogP contribution in [0.25, 0.3) is 0 Å². The van der Waals surface area contributed by atoms with E-state index in [-0.39, 0.29) is 0 Å². The summed E-state index contributed by atoms with van der Waals surface area (Å²) in [6, 6.07) is 2.29. The first-order valence-corrected chi connectivity index (χ1v) is 17.0. The highest BCUT2D eigenvalue weighted by Gasteiger charge is 2.36. The molecule has 4 nitrogen and oxygen atoms in total. The number of carbonyl (C=O) groups is 2. The standard InChI is InChI=1S/C14H30F2O4Si3/c1-21(2,8-6-7-19-11-14(15)16)20-22(3,4)9-10-23(5,12-17)13-18/h12-14H,6-11H2,1-5H3. The van der Waals surface area contributed by atoms with E-state index < -0.39 is 37.7 Å². The smallest absolute Gasteiger partial charge is 0.261 e. The Balaban J connectivity index is 4.28. The summed E-state index contributed by atoms with van der Waals surface area (Å²) < 4.78 is 35.3. The second kappa shape index (κ2) is 9.92. The van der Waals surface area contributed by atoms with Crippen LogP contribution in [0.2, 0.25) is 50.9 Å². The number of halogens is 2. The maximum atomic E-state index is 12.0. The predicted octanol–water partition coefficient (Wildman–Crippen LogP) is 3.71.